The van der Waals surface area contributed by atoms with Crippen molar-refractivity contribution in [2.45, 2.75) is 50.7 Å². The second kappa shape index (κ2) is 6.14. The van der Waals surface area contributed by atoms with Gasteiger partial charge in [0.15, 0.2) is 0 Å². The number of aliphatic hydroxyl groups is 1. The first-order valence-electron chi connectivity index (χ1n) is 7.88. The van der Waals surface area contributed by atoms with Gasteiger partial charge in [-0.05, 0) is 49.3 Å². The van der Waals surface area contributed by atoms with Gasteiger partial charge in [0.1, 0.15) is 5.82 Å². The minimum absolute atomic E-state index is 0.00311. The molecule has 1 amide bonds. The van der Waals surface area contributed by atoms with E-state index in [9.17, 15) is 14.3 Å². The number of rotatable bonds is 3. The molecule has 1 aliphatic carbocycles. The van der Waals surface area contributed by atoms with E-state index in [4.69, 9.17) is 0 Å². The molecule has 4 heteroatoms. The number of amides is 1. The van der Waals surface area contributed by atoms with Crippen molar-refractivity contribution in [1.29, 1.82) is 0 Å². The van der Waals surface area contributed by atoms with E-state index in [1.54, 1.807) is 12.1 Å². The van der Waals surface area contributed by atoms with Crippen LogP contribution in [0.15, 0.2) is 24.3 Å². The number of nitrogens with zero attached hydrogens (tertiary/aromatic N) is 1. The van der Waals surface area contributed by atoms with Crippen molar-refractivity contribution in [2.24, 2.45) is 5.92 Å². The molecule has 3 rings (SSSR count). The van der Waals surface area contributed by atoms with Crippen molar-refractivity contribution in [3.05, 3.63) is 35.6 Å². The number of hydrogen-bond donors (Lipinski definition) is 1. The van der Waals surface area contributed by atoms with Crippen molar-refractivity contribution in [3.63, 3.8) is 0 Å². The molecule has 1 aromatic carbocycles. The minimum atomic E-state index is -0.921. The summed E-state index contributed by atoms with van der Waals surface area (Å²) in [6.45, 7) is 0.801. The third kappa shape index (κ3) is 3.10. The number of halogens is 1. The molecule has 2 aliphatic rings. The number of carbonyl (C=O) groups excluding carboxylic acids is 1. The predicted octanol–water partition coefficient (Wildman–Crippen LogP) is 3.04. The number of fused-ring (bicyclic) bond motifs is 1. The van der Waals surface area contributed by atoms with Crippen LogP contribution in [0.3, 0.4) is 0 Å². The van der Waals surface area contributed by atoms with Crippen molar-refractivity contribution in [1.82, 2.24) is 4.90 Å². The fourth-order valence-electron chi connectivity index (χ4n) is 3.88. The average Bonchev–Trinajstić information content (AvgIpc) is 2.95. The molecule has 1 aromatic rings. The number of aliphatic hydroxyl groups excluding tert-OH is 1. The van der Waals surface area contributed by atoms with Gasteiger partial charge in [-0.15, -0.1) is 0 Å². The molecule has 0 spiro atoms. The summed E-state index contributed by atoms with van der Waals surface area (Å²) in [5.41, 5.74) is 0.475. The van der Waals surface area contributed by atoms with Gasteiger partial charge in [0.05, 0.1) is 12.5 Å². The molecule has 3 atom stereocenters. The van der Waals surface area contributed by atoms with E-state index in [0.717, 1.165) is 19.4 Å². The second-order valence-electron chi connectivity index (χ2n) is 6.26. The highest BCUT2D eigenvalue weighted by Crippen LogP contribution is 2.37. The Bertz CT molecular complexity index is 519. The molecule has 0 aromatic heterocycles. The first-order valence-corrected chi connectivity index (χ1v) is 7.88. The summed E-state index contributed by atoms with van der Waals surface area (Å²) in [7, 11) is 0. The largest absolute Gasteiger partial charge is 0.388 e. The van der Waals surface area contributed by atoms with Gasteiger partial charge in [-0.1, -0.05) is 18.6 Å². The van der Waals surface area contributed by atoms with Crippen LogP contribution in [0.25, 0.3) is 0 Å². The number of carbonyl (C=O) groups is 1. The Labute approximate surface area is 124 Å². The Balaban J connectivity index is 1.65. The Kier molecular flexibility index (Phi) is 4.24. The molecular formula is C17H22FNO2. The van der Waals surface area contributed by atoms with E-state index in [1.165, 1.54) is 31.4 Å². The lowest BCUT2D eigenvalue weighted by molar-refractivity contribution is -0.138. The molecule has 2 fully saturated rings. The summed E-state index contributed by atoms with van der Waals surface area (Å²) in [5.74, 6) is 0.269. The summed E-state index contributed by atoms with van der Waals surface area (Å²) < 4.78 is 13.2. The number of hydrogen-bond acceptors (Lipinski definition) is 2. The molecule has 1 aliphatic heterocycles. The van der Waals surface area contributed by atoms with Crippen molar-refractivity contribution < 1.29 is 14.3 Å². The van der Waals surface area contributed by atoms with E-state index in [-0.39, 0.29) is 18.1 Å². The van der Waals surface area contributed by atoms with Crippen LogP contribution >= 0.6 is 0 Å². The van der Waals surface area contributed by atoms with Crippen molar-refractivity contribution >= 4 is 5.91 Å². The van der Waals surface area contributed by atoms with Gasteiger partial charge in [0, 0.05) is 12.6 Å². The minimum Gasteiger partial charge on any atom is -0.388 e. The quantitative estimate of drug-likeness (QED) is 0.930. The smallest absolute Gasteiger partial charge is 0.225 e. The maximum Gasteiger partial charge on any atom is 0.225 e. The predicted molar refractivity (Wildman–Crippen MR) is 78.1 cm³/mol. The lowest BCUT2D eigenvalue weighted by Crippen LogP contribution is -2.46. The SMILES string of the molecule is O=C(CC(O)c1cccc(F)c1)N1CCCC2CCCC21. The maximum absolute atomic E-state index is 13.2. The fourth-order valence-corrected chi connectivity index (χ4v) is 3.88. The molecule has 3 unspecified atom stereocenters. The van der Waals surface area contributed by atoms with Gasteiger partial charge >= 0.3 is 0 Å². The fraction of sp³-hybridized carbons (Fsp3) is 0.588. The van der Waals surface area contributed by atoms with Crippen LogP contribution < -0.4 is 0 Å². The summed E-state index contributed by atoms with van der Waals surface area (Å²) in [6.07, 6.45) is 4.92. The summed E-state index contributed by atoms with van der Waals surface area (Å²) >= 11 is 0. The van der Waals surface area contributed by atoms with Crippen LogP contribution in [0.4, 0.5) is 4.39 Å². The molecule has 1 N–H and O–H groups in total. The van der Waals surface area contributed by atoms with Gasteiger partial charge in [-0.3, -0.25) is 4.79 Å². The third-order valence-electron chi connectivity index (χ3n) is 4.91. The molecule has 0 bridgehead atoms. The summed E-state index contributed by atoms with van der Waals surface area (Å²) in [4.78, 5) is 14.4. The molecule has 3 nitrogen and oxygen atoms in total. The average molecular weight is 291 g/mol. The van der Waals surface area contributed by atoms with Gasteiger partial charge in [-0.2, -0.15) is 0 Å². The van der Waals surface area contributed by atoms with E-state index < -0.39 is 6.10 Å². The summed E-state index contributed by atoms with van der Waals surface area (Å²) in [5, 5.41) is 10.2. The monoisotopic (exact) mass is 291 g/mol. The zero-order valence-electron chi connectivity index (χ0n) is 12.2. The van der Waals surface area contributed by atoms with Crippen LogP contribution in [-0.4, -0.2) is 28.5 Å². The maximum atomic E-state index is 13.2. The first-order chi connectivity index (χ1) is 10.1. The first kappa shape index (κ1) is 14.5. The molecular weight excluding hydrogens is 269 g/mol. The van der Waals surface area contributed by atoms with E-state index in [2.05, 4.69) is 0 Å². The highest BCUT2D eigenvalue weighted by molar-refractivity contribution is 5.77. The van der Waals surface area contributed by atoms with E-state index in [0.29, 0.717) is 17.5 Å². The third-order valence-corrected chi connectivity index (χ3v) is 4.91. The van der Waals surface area contributed by atoms with E-state index >= 15 is 0 Å². The standard InChI is InChI=1S/C17H22FNO2/c18-14-7-1-5-13(10-14)16(20)11-17(21)19-9-3-6-12-4-2-8-15(12)19/h1,5,7,10,12,15-16,20H,2-4,6,8-9,11H2. The van der Waals surface area contributed by atoms with Crippen molar-refractivity contribution in [3.8, 4) is 0 Å². The lowest BCUT2D eigenvalue weighted by Gasteiger charge is -2.38. The second-order valence-corrected chi connectivity index (χ2v) is 6.26. The molecule has 1 saturated carbocycles. The van der Waals surface area contributed by atoms with Crippen LogP contribution in [0.1, 0.15) is 50.2 Å². The number of piperidine rings is 1. The van der Waals surface area contributed by atoms with Crippen LogP contribution in [0.2, 0.25) is 0 Å². The molecule has 0 radical (unpaired) electrons. The zero-order valence-corrected chi connectivity index (χ0v) is 12.2. The van der Waals surface area contributed by atoms with Gasteiger partial charge in [0.25, 0.3) is 0 Å². The normalized spacial score (nSPS) is 26.5. The lowest BCUT2D eigenvalue weighted by atomic mass is 9.91. The molecule has 1 saturated heterocycles. The molecule has 1 heterocycles. The molecule has 21 heavy (non-hydrogen) atoms. The highest BCUT2D eigenvalue weighted by atomic mass is 19.1. The van der Waals surface area contributed by atoms with E-state index in [1.807, 2.05) is 4.90 Å². The highest BCUT2D eigenvalue weighted by Gasteiger charge is 2.37. The van der Waals surface area contributed by atoms with Gasteiger partial charge in [0.2, 0.25) is 5.91 Å². The zero-order chi connectivity index (χ0) is 14.8. The summed E-state index contributed by atoms with van der Waals surface area (Å²) in [6, 6.07) is 6.23. The molecule has 114 valence electrons. The Morgan fingerprint density at radius 3 is 2.95 bits per heavy atom. The Morgan fingerprint density at radius 1 is 1.33 bits per heavy atom. The number of benzene rings is 1. The van der Waals surface area contributed by atoms with Crippen molar-refractivity contribution in [2.75, 3.05) is 6.54 Å². The topological polar surface area (TPSA) is 40.5 Å². The Morgan fingerprint density at radius 2 is 2.14 bits per heavy atom. The Hall–Kier alpha value is -1.42. The van der Waals surface area contributed by atoms with Gasteiger partial charge in [-0.25, -0.2) is 4.39 Å². The van der Waals surface area contributed by atoms with Crippen LogP contribution in [-0.2, 0) is 4.79 Å². The number of likely N-dealkylation sites (tertiary alicyclic amines) is 1. The van der Waals surface area contributed by atoms with Crippen LogP contribution in [0, 0.1) is 11.7 Å². The van der Waals surface area contributed by atoms with Crippen LogP contribution in [0.5, 0.6) is 0 Å². The van der Waals surface area contributed by atoms with Gasteiger partial charge < -0.3 is 10.0 Å².